The molecule has 4 nitrogen and oxygen atoms in total. The highest BCUT2D eigenvalue weighted by Gasteiger charge is 2.40. The van der Waals surface area contributed by atoms with Crippen LogP contribution in [-0.4, -0.2) is 57.0 Å². The molecule has 0 spiro atoms. The van der Waals surface area contributed by atoms with E-state index < -0.39 is 0 Å². The Morgan fingerprint density at radius 3 is 2.58 bits per heavy atom. The first-order valence-corrected chi connectivity index (χ1v) is 7.43. The van der Waals surface area contributed by atoms with E-state index in [4.69, 9.17) is 15.2 Å². The second-order valence-electron chi connectivity index (χ2n) is 6.51. The van der Waals surface area contributed by atoms with Gasteiger partial charge in [0.05, 0.1) is 13.2 Å². The maximum absolute atomic E-state index is 6.54. The second kappa shape index (κ2) is 7.58. The van der Waals surface area contributed by atoms with E-state index in [-0.39, 0.29) is 11.5 Å². The number of methoxy groups -OCH3 is 2. The minimum Gasteiger partial charge on any atom is -0.383 e. The molecule has 1 saturated carbocycles. The van der Waals surface area contributed by atoms with Gasteiger partial charge in [0.1, 0.15) is 0 Å². The quantitative estimate of drug-likeness (QED) is 0.768. The zero-order chi connectivity index (χ0) is 14.5. The average molecular weight is 272 g/mol. The minimum atomic E-state index is 0.220. The van der Waals surface area contributed by atoms with Crippen molar-refractivity contribution in [2.45, 2.75) is 58.2 Å². The summed E-state index contributed by atoms with van der Waals surface area (Å²) in [7, 11) is 3.51. The van der Waals surface area contributed by atoms with Crippen LogP contribution in [0.25, 0.3) is 0 Å². The highest BCUT2D eigenvalue weighted by molar-refractivity contribution is 4.97. The molecule has 1 aliphatic rings. The van der Waals surface area contributed by atoms with E-state index in [1.165, 1.54) is 19.3 Å². The van der Waals surface area contributed by atoms with Gasteiger partial charge in [-0.3, -0.25) is 4.90 Å². The molecule has 0 saturated heterocycles. The van der Waals surface area contributed by atoms with Crippen LogP contribution in [0, 0.1) is 5.41 Å². The SMILES string of the molecule is COCCN(C(C)COC)C1CCCC(C)(C)C1N. The molecule has 0 amide bonds. The molecule has 3 atom stereocenters. The molecule has 1 aliphatic carbocycles. The smallest absolute Gasteiger partial charge is 0.0615 e. The normalized spacial score (nSPS) is 28.6. The largest absolute Gasteiger partial charge is 0.383 e. The van der Waals surface area contributed by atoms with Crippen molar-refractivity contribution in [1.82, 2.24) is 4.90 Å². The van der Waals surface area contributed by atoms with Crippen LogP contribution >= 0.6 is 0 Å². The highest BCUT2D eigenvalue weighted by atomic mass is 16.5. The summed E-state index contributed by atoms with van der Waals surface area (Å²) in [4.78, 5) is 2.48. The van der Waals surface area contributed by atoms with Crippen molar-refractivity contribution >= 4 is 0 Å². The Labute approximate surface area is 118 Å². The van der Waals surface area contributed by atoms with E-state index in [1.54, 1.807) is 14.2 Å². The lowest BCUT2D eigenvalue weighted by atomic mass is 9.70. The van der Waals surface area contributed by atoms with E-state index in [9.17, 15) is 0 Å². The van der Waals surface area contributed by atoms with Crippen molar-refractivity contribution in [3.8, 4) is 0 Å². The Balaban J connectivity index is 2.77. The molecule has 2 N–H and O–H groups in total. The van der Waals surface area contributed by atoms with Crippen LogP contribution in [0.4, 0.5) is 0 Å². The molecule has 0 aromatic rings. The number of hydrogen-bond donors (Lipinski definition) is 1. The van der Waals surface area contributed by atoms with Gasteiger partial charge in [-0.25, -0.2) is 0 Å². The number of hydrogen-bond acceptors (Lipinski definition) is 4. The summed E-state index contributed by atoms with van der Waals surface area (Å²) < 4.78 is 10.6. The second-order valence-corrected chi connectivity index (χ2v) is 6.51. The Morgan fingerprint density at radius 2 is 2.00 bits per heavy atom. The minimum absolute atomic E-state index is 0.220. The summed E-state index contributed by atoms with van der Waals surface area (Å²) >= 11 is 0. The third-order valence-corrected chi connectivity index (χ3v) is 4.59. The van der Waals surface area contributed by atoms with Crippen molar-refractivity contribution in [3.05, 3.63) is 0 Å². The van der Waals surface area contributed by atoms with Crippen LogP contribution in [-0.2, 0) is 9.47 Å². The van der Waals surface area contributed by atoms with Crippen molar-refractivity contribution in [1.29, 1.82) is 0 Å². The first-order chi connectivity index (χ1) is 8.94. The number of nitrogens with two attached hydrogens (primary N) is 1. The Kier molecular flexibility index (Phi) is 6.74. The molecular formula is C15H32N2O2. The molecule has 0 aromatic heterocycles. The molecule has 0 bridgehead atoms. The lowest BCUT2D eigenvalue weighted by Gasteiger charge is -2.48. The molecule has 0 aromatic carbocycles. The number of rotatable bonds is 7. The molecule has 0 heterocycles. The van der Waals surface area contributed by atoms with Gasteiger partial charge in [0, 0.05) is 38.9 Å². The van der Waals surface area contributed by atoms with Crippen LogP contribution in [0.5, 0.6) is 0 Å². The fraction of sp³-hybridized carbons (Fsp3) is 1.00. The predicted octanol–water partition coefficient (Wildman–Crippen LogP) is 1.88. The van der Waals surface area contributed by atoms with Gasteiger partial charge in [-0.2, -0.15) is 0 Å². The van der Waals surface area contributed by atoms with Gasteiger partial charge in [-0.1, -0.05) is 20.3 Å². The average Bonchev–Trinajstić information content (AvgIpc) is 2.35. The Bertz CT molecular complexity index is 259. The van der Waals surface area contributed by atoms with Crippen LogP contribution in [0.15, 0.2) is 0 Å². The summed E-state index contributed by atoms with van der Waals surface area (Å²) in [5.41, 5.74) is 6.76. The Hall–Kier alpha value is -0.160. The van der Waals surface area contributed by atoms with Crippen molar-refractivity contribution in [3.63, 3.8) is 0 Å². The lowest BCUT2D eigenvalue weighted by Crippen LogP contribution is -2.60. The summed E-state index contributed by atoms with van der Waals surface area (Å²) in [6.45, 7) is 9.21. The Morgan fingerprint density at radius 1 is 1.32 bits per heavy atom. The van der Waals surface area contributed by atoms with Crippen LogP contribution in [0.1, 0.15) is 40.0 Å². The molecule has 4 heteroatoms. The van der Waals surface area contributed by atoms with Gasteiger partial charge in [-0.05, 0) is 25.2 Å². The van der Waals surface area contributed by atoms with E-state index in [1.807, 2.05) is 0 Å². The highest BCUT2D eigenvalue weighted by Crippen LogP contribution is 2.37. The van der Waals surface area contributed by atoms with Crippen molar-refractivity contribution < 1.29 is 9.47 Å². The van der Waals surface area contributed by atoms with Gasteiger partial charge < -0.3 is 15.2 Å². The monoisotopic (exact) mass is 272 g/mol. The van der Waals surface area contributed by atoms with Gasteiger partial charge in [0.25, 0.3) is 0 Å². The lowest BCUT2D eigenvalue weighted by molar-refractivity contribution is 0.00253. The summed E-state index contributed by atoms with van der Waals surface area (Å²) in [6, 6.07) is 1.03. The van der Waals surface area contributed by atoms with Gasteiger partial charge in [-0.15, -0.1) is 0 Å². The van der Waals surface area contributed by atoms with Gasteiger partial charge in [0.2, 0.25) is 0 Å². The molecule has 0 radical (unpaired) electrons. The topological polar surface area (TPSA) is 47.7 Å². The number of nitrogens with zero attached hydrogens (tertiary/aromatic N) is 1. The fourth-order valence-corrected chi connectivity index (χ4v) is 3.25. The zero-order valence-electron chi connectivity index (χ0n) is 13.3. The molecule has 114 valence electrons. The van der Waals surface area contributed by atoms with E-state index in [0.29, 0.717) is 12.1 Å². The van der Waals surface area contributed by atoms with Gasteiger partial charge >= 0.3 is 0 Å². The molecule has 19 heavy (non-hydrogen) atoms. The van der Waals surface area contributed by atoms with E-state index in [0.717, 1.165) is 19.8 Å². The van der Waals surface area contributed by atoms with E-state index in [2.05, 4.69) is 25.7 Å². The van der Waals surface area contributed by atoms with Gasteiger partial charge in [0.15, 0.2) is 0 Å². The van der Waals surface area contributed by atoms with Crippen LogP contribution in [0.3, 0.4) is 0 Å². The van der Waals surface area contributed by atoms with Crippen LogP contribution < -0.4 is 5.73 Å². The molecule has 1 fully saturated rings. The summed E-state index contributed by atoms with van der Waals surface area (Å²) in [5, 5.41) is 0. The third-order valence-electron chi connectivity index (χ3n) is 4.59. The van der Waals surface area contributed by atoms with Crippen molar-refractivity contribution in [2.24, 2.45) is 11.1 Å². The van der Waals surface area contributed by atoms with E-state index >= 15 is 0 Å². The van der Waals surface area contributed by atoms with Crippen LogP contribution in [0.2, 0.25) is 0 Å². The standard InChI is InChI=1S/C15H32N2O2/c1-12(11-19-5)17(9-10-18-4)13-7-6-8-15(2,3)14(13)16/h12-14H,6-11,16H2,1-5H3. The first kappa shape index (κ1) is 16.9. The zero-order valence-corrected chi connectivity index (χ0v) is 13.3. The molecule has 3 unspecified atom stereocenters. The fourth-order valence-electron chi connectivity index (χ4n) is 3.25. The third kappa shape index (κ3) is 4.42. The number of ether oxygens (including phenoxy) is 2. The molecular weight excluding hydrogens is 240 g/mol. The molecule has 1 rings (SSSR count). The maximum atomic E-state index is 6.54. The summed E-state index contributed by atoms with van der Waals surface area (Å²) in [6.07, 6.45) is 3.67. The summed E-state index contributed by atoms with van der Waals surface area (Å²) in [5.74, 6) is 0. The maximum Gasteiger partial charge on any atom is 0.0615 e. The molecule has 0 aliphatic heterocycles. The first-order valence-electron chi connectivity index (χ1n) is 7.43. The predicted molar refractivity (Wildman–Crippen MR) is 79.3 cm³/mol. The van der Waals surface area contributed by atoms with Crippen molar-refractivity contribution in [2.75, 3.05) is 34.0 Å².